The number of aromatic amines is 1. The highest BCUT2D eigenvalue weighted by Crippen LogP contribution is 2.38. The van der Waals surface area contributed by atoms with Crippen molar-refractivity contribution < 1.29 is 0 Å². The highest BCUT2D eigenvalue weighted by molar-refractivity contribution is 5.89. The Morgan fingerprint density at radius 2 is 1.72 bits per heavy atom. The maximum Gasteiger partial charge on any atom is 0.101 e. The molecule has 4 heteroatoms. The molecule has 194 valence electrons. The predicted octanol–water partition coefficient (Wildman–Crippen LogP) is 9.22. The van der Waals surface area contributed by atoms with Crippen LogP contribution in [0.5, 0.6) is 0 Å². The summed E-state index contributed by atoms with van der Waals surface area (Å²) in [4.78, 5) is 0. The summed E-state index contributed by atoms with van der Waals surface area (Å²) >= 11 is 0. The van der Waals surface area contributed by atoms with Crippen molar-refractivity contribution in [2.75, 3.05) is 5.32 Å². The second-order valence-electron chi connectivity index (χ2n) is 9.97. The van der Waals surface area contributed by atoms with Gasteiger partial charge >= 0.3 is 0 Å². The lowest BCUT2D eigenvalue weighted by Gasteiger charge is -2.16. The summed E-state index contributed by atoms with van der Waals surface area (Å²) in [5.41, 5.74) is 10.5. The molecule has 0 radical (unpaired) electrons. The molecule has 3 aromatic carbocycles. The molecular weight excluding hydrogens is 476 g/mol. The van der Waals surface area contributed by atoms with E-state index in [0.29, 0.717) is 0 Å². The fraction of sp³-hybridized carbons (Fsp3) is 0.143. The zero-order valence-electron chi connectivity index (χ0n) is 23.0. The standard InChI is InChI=1S/C35H34N4/c1-7-11-29(12-8-2)37-30-14-10-13-26(21-30)27-16-15-24(4)31(22-27)33-32(9-3)38-39-34(33)25-17-19-28(20-18-25)35(5,6)23-36/h7-22,37H,1,3H2,2,4-6H3,(H,38,39)/b12-8-,29-11+. The van der Waals surface area contributed by atoms with Crippen molar-refractivity contribution in [3.8, 4) is 39.6 Å². The van der Waals surface area contributed by atoms with Gasteiger partial charge in [0.1, 0.15) is 5.69 Å². The van der Waals surface area contributed by atoms with E-state index in [1.807, 2.05) is 69.3 Å². The SMILES string of the molecule is C=C/C=C(\C=C/C)Nc1cccc(-c2ccc(C)c(-c3c(-c4ccc(C(C)(C)C#N)cc4)n[nH]c3C=C)c2)c1. The summed E-state index contributed by atoms with van der Waals surface area (Å²) in [6.45, 7) is 15.8. The Bertz CT molecular complexity index is 1610. The molecular formula is C35H34N4. The number of rotatable bonds is 9. The van der Waals surface area contributed by atoms with E-state index < -0.39 is 5.41 Å². The van der Waals surface area contributed by atoms with Crippen LogP contribution in [0, 0.1) is 18.3 Å². The third-order valence-corrected chi connectivity index (χ3v) is 6.79. The molecule has 2 N–H and O–H groups in total. The van der Waals surface area contributed by atoms with Crippen LogP contribution in [0.2, 0.25) is 0 Å². The molecule has 1 aromatic heterocycles. The molecule has 0 aliphatic carbocycles. The van der Waals surface area contributed by atoms with Gasteiger partial charge in [0, 0.05) is 22.5 Å². The van der Waals surface area contributed by atoms with Gasteiger partial charge in [0.2, 0.25) is 0 Å². The lowest BCUT2D eigenvalue weighted by molar-refractivity contribution is 0.687. The van der Waals surface area contributed by atoms with E-state index in [4.69, 9.17) is 0 Å². The van der Waals surface area contributed by atoms with Crippen molar-refractivity contribution in [2.45, 2.75) is 33.1 Å². The molecule has 0 fully saturated rings. The first kappa shape index (κ1) is 27.2. The number of hydrogen-bond donors (Lipinski definition) is 2. The molecule has 0 bridgehead atoms. The second kappa shape index (κ2) is 11.7. The lowest BCUT2D eigenvalue weighted by Crippen LogP contribution is -2.13. The smallest absolute Gasteiger partial charge is 0.101 e. The predicted molar refractivity (Wildman–Crippen MR) is 165 cm³/mol. The fourth-order valence-corrected chi connectivity index (χ4v) is 4.55. The van der Waals surface area contributed by atoms with Crippen LogP contribution in [-0.4, -0.2) is 10.2 Å². The monoisotopic (exact) mass is 510 g/mol. The number of nitrogens with one attached hydrogen (secondary N) is 2. The maximum absolute atomic E-state index is 9.53. The van der Waals surface area contributed by atoms with Gasteiger partial charge in [0.25, 0.3) is 0 Å². The molecule has 0 atom stereocenters. The first-order valence-electron chi connectivity index (χ1n) is 13.0. The van der Waals surface area contributed by atoms with Gasteiger partial charge in [-0.25, -0.2) is 0 Å². The van der Waals surface area contributed by atoms with E-state index in [0.717, 1.165) is 61.7 Å². The van der Waals surface area contributed by atoms with E-state index >= 15 is 0 Å². The van der Waals surface area contributed by atoms with Gasteiger partial charge in [-0.15, -0.1) is 0 Å². The number of nitriles is 1. The van der Waals surface area contributed by atoms with E-state index in [1.165, 1.54) is 0 Å². The highest BCUT2D eigenvalue weighted by Gasteiger charge is 2.21. The Kier molecular flexibility index (Phi) is 8.13. The van der Waals surface area contributed by atoms with Crippen LogP contribution in [0.1, 0.15) is 37.6 Å². The minimum Gasteiger partial charge on any atom is -0.356 e. The van der Waals surface area contributed by atoms with Crippen LogP contribution in [0.25, 0.3) is 39.6 Å². The summed E-state index contributed by atoms with van der Waals surface area (Å²) < 4.78 is 0. The number of H-pyrrole nitrogens is 1. The van der Waals surface area contributed by atoms with Crippen LogP contribution in [0.15, 0.2) is 110 Å². The van der Waals surface area contributed by atoms with E-state index in [1.54, 1.807) is 6.08 Å². The lowest BCUT2D eigenvalue weighted by atomic mass is 9.85. The van der Waals surface area contributed by atoms with Crippen LogP contribution < -0.4 is 5.32 Å². The zero-order valence-corrected chi connectivity index (χ0v) is 23.0. The van der Waals surface area contributed by atoms with Gasteiger partial charge in [0.05, 0.1) is 17.2 Å². The van der Waals surface area contributed by atoms with E-state index in [2.05, 4.69) is 84.1 Å². The number of anilines is 1. The molecule has 0 saturated heterocycles. The molecule has 0 saturated carbocycles. The Labute approximate surface area is 231 Å². The maximum atomic E-state index is 9.53. The van der Waals surface area contributed by atoms with Crippen LogP contribution >= 0.6 is 0 Å². The van der Waals surface area contributed by atoms with Crippen molar-refractivity contribution in [2.24, 2.45) is 0 Å². The number of aromatic nitrogens is 2. The third kappa shape index (κ3) is 5.84. The Morgan fingerprint density at radius 3 is 2.38 bits per heavy atom. The number of nitrogens with zero attached hydrogens (tertiary/aromatic N) is 2. The third-order valence-electron chi connectivity index (χ3n) is 6.79. The number of benzene rings is 3. The summed E-state index contributed by atoms with van der Waals surface area (Å²) in [5.74, 6) is 0. The number of allylic oxidation sites excluding steroid dienone is 4. The van der Waals surface area contributed by atoms with Crippen molar-refractivity contribution in [3.05, 3.63) is 127 Å². The first-order valence-corrected chi connectivity index (χ1v) is 13.0. The van der Waals surface area contributed by atoms with E-state index in [9.17, 15) is 5.26 Å². The molecule has 39 heavy (non-hydrogen) atoms. The molecule has 4 aromatic rings. The van der Waals surface area contributed by atoms with Gasteiger partial charge in [-0.1, -0.05) is 73.8 Å². The van der Waals surface area contributed by atoms with Crippen LogP contribution in [-0.2, 0) is 5.41 Å². The van der Waals surface area contributed by atoms with Crippen LogP contribution in [0.3, 0.4) is 0 Å². The summed E-state index contributed by atoms with van der Waals surface area (Å²) in [6.07, 6.45) is 9.54. The molecule has 1 heterocycles. The normalized spacial score (nSPS) is 11.8. The van der Waals surface area contributed by atoms with Crippen molar-refractivity contribution in [1.29, 1.82) is 5.26 Å². The average molecular weight is 511 g/mol. The first-order chi connectivity index (χ1) is 18.8. The largest absolute Gasteiger partial charge is 0.356 e. The fourth-order valence-electron chi connectivity index (χ4n) is 4.55. The Hall–Kier alpha value is -4.88. The number of aryl methyl sites for hydroxylation is 1. The molecule has 0 aliphatic heterocycles. The Balaban J connectivity index is 1.77. The van der Waals surface area contributed by atoms with Crippen LogP contribution in [0.4, 0.5) is 5.69 Å². The van der Waals surface area contributed by atoms with Gasteiger partial charge in [0.15, 0.2) is 0 Å². The van der Waals surface area contributed by atoms with Crippen molar-refractivity contribution in [1.82, 2.24) is 10.2 Å². The summed E-state index contributed by atoms with van der Waals surface area (Å²) in [7, 11) is 0. The van der Waals surface area contributed by atoms with Crippen molar-refractivity contribution >= 4 is 11.8 Å². The van der Waals surface area contributed by atoms with Gasteiger partial charge in [-0.3, -0.25) is 5.10 Å². The van der Waals surface area contributed by atoms with Crippen molar-refractivity contribution in [3.63, 3.8) is 0 Å². The summed E-state index contributed by atoms with van der Waals surface area (Å²) in [5, 5.41) is 20.8. The van der Waals surface area contributed by atoms with E-state index in [-0.39, 0.29) is 0 Å². The molecule has 0 aliphatic rings. The second-order valence-corrected chi connectivity index (χ2v) is 9.97. The van der Waals surface area contributed by atoms with Gasteiger partial charge in [-0.05, 0) is 91.9 Å². The molecule has 4 nitrogen and oxygen atoms in total. The zero-order chi connectivity index (χ0) is 28.0. The minimum absolute atomic E-state index is 0.553. The summed E-state index contributed by atoms with van der Waals surface area (Å²) in [6, 6.07) is 25.4. The Morgan fingerprint density at radius 1 is 1.00 bits per heavy atom. The molecule has 0 spiro atoms. The molecule has 0 unspecified atom stereocenters. The number of hydrogen-bond acceptors (Lipinski definition) is 3. The average Bonchev–Trinajstić information content (AvgIpc) is 3.38. The molecule has 0 amide bonds. The van der Waals surface area contributed by atoms with Gasteiger partial charge < -0.3 is 5.32 Å². The topological polar surface area (TPSA) is 64.5 Å². The quantitative estimate of drug-likeness (QED) is 0.221. The molecule has 4 rings (SSSR count). The highest BCUT2D eigenvalue weighted by atomic mass is 15.1. The van der Waals surface area contributed by atoms with Gasteiger partial charge in [-0.2, -0.15) is 10.4 Å². The minimum atomic E-state index is -0.553.